The van der Waals surface area contributed by atoms with Gasteiger partial charge in [0, 0.05) is 23.7 Å². The summed E-state index contributed by atoms with van der Waals surface area (Å²) in [5.74, 6) is 0. The Bertz CT molecular complexity index is 570. The van der Waals surface area contributed by atoms with E-state index in [9.17, 15) is 10.1 Å². The van der Waals surface area contributed by atoms with Gasteiger partial charge in [0.2, 0.25) is 0 Å². The van der Waals surface area contributed by atoms with Crippen LogP contribution in [0.4, 0.5) is 5.69 Å². The normalized spacial score (nSPS) is 16.7. The fraction of sp³-hybridized carbons (Fsp3) is 0.417. The minimum atomic E-state index is -0.369. The van der Waals surface area contributed by atoms with Crippen molar-refractivity contribution in [3.63, 3.8) is 0 Å². The summed E-state index contributed by atoms with van der Waals surface area (Å²) in [6.07, 6.45) is 6.76. The molecule has 5 nitrogen and oxygen atoms in total. The number of aromatic nitrogens is 2. The van der Waals surface area contributed by atoms with Crippen LogP contribution >= 0.6 is 0 Å². The molecule has 1 saturated carbocycles. The highest BCUT2D eigenvalue weighted by Crippen LogP contribution is 2.30. The Hall–Kier alpha value is -1.91. The molecule has 1 aliphatic carbocycles. The minimum absolute atomic E-state index is 0.128. The number of hydrogen-bond acceptors (Lipinski definition) is 3. The summed E-state index contributed by atoms with van der Waals surface area (Å²) in [6, 6.07) is 5.29. The van der Waals surface area contributed by atoms with Crippen molar-refractivity contribution in [1.29, 1.82) is 0 Å². The maximum absolute atomic E-state index is 10.7. The van der Waals surface area contributed by atoms with Crippen molar-refractivity contribution in [2.24, 2.45) is 0 Å². The number of benzene rings is 1. The molecular formula is C12H13N3O2. The van der Waals surface area contributed by atoms with Crippen molar-refractivity contribution >= 4 is 16.6 Å². The van der Waals surface area contributed by atoms with Crippen LogP contribution in [0.15, 0.2) is 24.4 Å². The third-order valence-corrected chi connectivity index (χ3v) is 3.42. The van der Waals surface area contributed by atoms with E-state index in [4.69, 9.17) is 0 Å². The first-order valence-electron chi connectivity index (χ1n) is 5.87. The number of hydrogen-bond donors (Lipinski definition) is 0. The van der Waals surface area contributed by atoms with Gasteiger partial charge in [0.1, 0.15) is 0 Å². The summed E-state index contributed by atoms with van der Waals surface area (Å²) in [6.45, 7) is 0. The van der Waals surface area contributed by atoms with Crippen LogP contribution in [0, 0.1) is 10.1 Å². The molecule has 0 spiro atoms. The summed E-state index contributed by atoms with van der Waals surface area (Å²) < 4.78 is 1.97. The Morgan fingerprint density at radius 2 is 2.12 bits per heavy atom. The lowest BCUT2D eigenvalue weighted by molar-refractivity contribution is -0.384. The van der Waals surface area contributed by atoms with Crippen LogP contribution in [0.2, 0.25) is 0 Å². The van der Waals surface area contributed by atoms with E-state index >= 15 is 0 Å². The molecule has 2 aromatic rings. The van der Waals surface area contributed by atoms with Gasteiger partial charge < -0.3 is 0 Å². The third kappa shape index (κ3) is 1.77. The maximum Gasteiger partial charge on any atom is 0.270 e. The molecule has 88 valence electrons. The van der Waals surface area contributed by atoms with E-state index in [1.165, 1.54) is 18.9 Å². The lowest BCUT2D eigenvalue weighted by atomic mass is 10.2. The average molecular weight is 231 g/mol. The fourth-order valence-electron chi connectivity index (χ4n) is 2.50. The largest absolute Gasteiger partial charge is 0.270 e. The van der Waals surface area contributed by atoms with Gasteiger partial charge in [-0.2, -0.15) is 5.10 Å². The fourth-order valence-corrected chi connectivity index (χ4v) is 2.50. The van der Waals surface area contributed by atoms with E-state index in [0.717, 1.165) is 23.7 Å². The molecule has 0 atom stereocenters. The first kappa shape index (κ1) is 10.3. The van der Waals surface area contributed by atoms with Crippen LogP contribution < -0.4 is 0 Å². The lowest BCUT2D eigenvalue weighted by Gasteiger charge is -2.07. The van der Waals surface area contributed by atoms with E-state index in [1.54, 1.807) is 12.1 Å². The monoisotopic (exact) mass is 231 g/mol. The molecule has 5 heteroatoms. The molecule has 0 aliphatic heterocycles. The maximum atomic E-state index is 10.7. The SMILES string of the molecule is O=[N+]([O-])c1ccc2nn(C3CCCC3)cc2c1. The van der Waals surface area contributed by atoms with Gasteiger partial charge in [0.25, 0.3) is 5.69 Å². The molecule has 0 unspecified atom stereocenters. The second kappa shape index (κ2) is 3.84. The number of fused-ring (bicyclic) bond motifs is 1. The van der Waals surface area contributed by atoms with Gasteiger partial charge in [-0.05, 0) is 18.9 Å². The van der Waals surface area contributed by atoms with Crippen LogP contribution in [0.25, 0.3) is 10.9 Å². The van der Waals surface area contributed by atoms with Gasteiger partial charge in [-0.15, -0.1) is 0 Å². The van der Waals surface area contributed by atoms with E-state index in [0.29, 0.717) is 6.04 Å². The number of non-ortho nitro benzene ring substituents is 1. The minimum Gasteiger partial charge on any atom is -0.268 e. The van der Waals surface area contributed by atoms with Crippen LogP contribution in [0.1, 0.15) is 31.7 Å². The Morgan fingerprint density at radius 3 is 2.82 bits per heavy atom. The number of nitro benzene ring substituents is 1. The lowest BCUT2D eigenvalue weighted by Crippen LogP contribution is -2.04. The smallest absolute Gasteiger partial charge is 0.268 e. The summed E-state index contributed by atoms with van der Waals surface area (Å²) >= 11 is 0. The molecule has 0 bridgehead atoms. The Balaban J connectivity index is 2.03. The molecular weight excluding hydrogens is 218 g/mol. The highest BCUT2D eigenvalue weighted by molar-refractivity contribution is 5.80. The number of rotatable bonds is 2. The first-order valence-corrected chi connectivity index (χ1v) is 5.87. The molecule has 17 heavy (non-hydrogen) atoms. The number of nitro groups is 1. The van der Waals surface area contributed by atoms with Crippen molar-refractivity contribution in [2.75, 3.05) is 0 Å². The molecule has 0 radical (unpaired) electrons. The van der Waals surface area contributed by atoms with E-state index < -0.39 is 0 Å². The molecule has 1 aromatic carbocycles. The molecule has 0 N–H and O–H groups in total. The Kier molecular flexibility index (Phi) is 2.31. The summed E-state index contributed by atoms with van der Waals surface area (Å²) in [4.78, 5) is 10.3. The van der Waals surface area contributed by atoms with Gasteiger partial charge in [0.15, 0.2) is 0 Å². The van der Waals surface area contributed by atoms with Crippen LogP contribution in [0.3, 0.4) is 0 Å². The van der Waals surface area contributed by atoms with Crippen LogP contribution in [-0.4, -0.2) is 14.7 Å². The average Bonchev–Trinajstić information content (AvgIpc) is 2.96. The summed E-state index contributed by atoms with van der Waals surface area (Å²) in [5, 5.41) is 16.0. The molecule has 1 aliphatic rings. The van der Waals surface area contributed by atoms with Gasteiger partial charge in [0.05, 0.1) is 16.5 Å². The molecule has 3 rings (SSSR count). The topological polar surface area (TPSA) is 61.0 Å². The van der Waals surface area contributed by atoms with E-state index in [-0.39, 0.29) is 10.6 Å². The van der Waals surface area contributed by atoms with E-state index in [1.807, 2.05) is 10.9 Å². The highest BCUT2D eigenvalue weighted by Gasteiger charge is 2.18. The first-order chi connectivity index (χ1) is 8.24. The second-order valence-corrected chi connectivity index (χ2v) is 4.55. The zero-order valence-electron chi connectivity index (χ0n) is 9.37. The zero-order chi connectivity index (χ0) is 11.8. The van der Waals surface area contributed by atoms with Crippen molar-refractivity contribution in [3.05, 3.63) is 34.5 Å². The van der Waals surface area contributed by atoms with Crippen molar-refractivity contribution in [1.82, 2.24) is 9.78 Å². The standard InChI is InChI=1S/C12H13N3O2/c16-15(17)11-5-6-12-9(7-11)8-14(13-12)10-3-1-2-4-10/h5-8,10H,1-4H2. The van der Waals surface area contributed by atoms with Gasteiger partial charge in [-0.1, -0.05) is 12.8 Å². The van der Waals surface area contributed by atoms with Crippen molar-refractivity contribution < 1.29 is 4.92 Å². The predicted octanol–water partition coefficient (Wildman–Crippen LogP) is 3.06. The van der Waals surface area contributed by atoms with Gasteiger partial charge in [-0.3, -0.25) is 14.8 Å². The summed E-state index contributed by atoms with van der Waals surface area (Å²) in [7, 11) is 0. The molecule has 1 heterocycles. The Morgan fingerprint density at radius 1 is 1.35 bits per heavy atom. The zero-order valence-corrected chi connectivity index (χ0v) is 9.37. The number of nitrogens with zero attached hydrogens (tertiary/aromatic N) is 3. The second-order valence-electron chi connectivity index (χ2n) is 4.55. The highest BCUT2D eigenvalue weighted by atomic mass is 16.6. The van der Waals surface area contributed by atoms with Crippen molar-refractivity contribution in [3.8, 4) is 0 Å². The van der Waals surface area contributed by atoms with Crippen molar-refractivity contribution in [2.45, 2.75) is 31.7 Å². The quantitative estimate of drug-likeness (QED) is 0.589. The molecule has 0 amide bonds. The van der Waals surface area contributed by atoms with Gasteiger partial charge in [-0.25, -0.2) is 0 Å². The molecule has 1 fully saturated rings. The van der Waals surface area contributed by atoms with Crippen LogP contribution in [0.5, 0.6) is 0 Å². The van der Waals surface area contributed by atoms with Gasteiger partial charge >= 0.3 is 0 Å². The third-order valence-electron chi connectivity index (χ3n) is 3.42. The van der Waals surface area contributed by atoms with E-state index in [2.05, 4.69) is 5.10 Å². The molecule has 1 aromatic heterocycles. The predicted molar refractivity (Wildman–Crippen MR) is 63.9 cm³/mol. The Labute approximate surface area is 98.2 Å². The molecule has 0 saturated heterocycles. The summed E-state index contributed by atoms with van der Waals surface area (Å²) in [5.41, 5.74) is 0.964. The van der Waals surface area contributed by atoms with Crippen LogP contribution in [-0.2, 0) is 0 Å².